The van der Waals surface area contributed by atoms with Gasteiger partial charge in [0.25, 0.3) is 0 Å². The molecule has 2 bridgehead atoms. The lowest BCUT2D eigenvalue weighted by atomic mass is 9.75. The average molecular weight is 685 g/mol. The van der Waals surface area contributed by atoms with Crippen LogP contribution in [-0.2, 0) is 11.2 Å². The molecule has 1 fully saturated rings. The minimum Gasteiger partial charge on any atom is -0.507 e. The number of likely N-dealkylation sites (N-methyl/N-ethyl adjacent to an activating group) is 1. The number of aromatic hydroxyl groups is 3. The summed E-state index contributed by atoms with van der Waals surface area (Å²) in [6.07, 6.45) is 2.23. The fourth-order valence-corrected chi connectivity index (χ4v) is 7.90. The molecule has 1 saturated heterocycles. The molecular weight excluding hydrogens is 644 g/mol. The number of para-hydroxylation sites is 1. The van der Waals surface area contributed by atoms with Gasteiger partial charge >= 0.3 is 0 Å². The van der Waals surface area contributed by atoms with E-state index in [1.54, 1.807) is 19.9 Å². The summed E-state index contributed by atoms with van der Waals surface area (Å²) in [7, 11) is 4.83. The van der Waals surface area contributed by atoms with Crippen LogP contribution in [0.15, 0.2) is 42.1 Å². The van der Waals surface area contributed by atoms with Gasteiger partial charge in [0.1, 0.15) is 17.8 Å². The van der Waals surface area contributed by atoms with Crippen LogP contribution in [0.1, 0.15) is 52.4 Å². The van der Waals surface area contributed by atoms with Gasteiger partial charge in [-0.25, -0.2) is 0 Å². The lowest BCUT2D eigenvalue weighted by Crippen LogP contribution is -2.62. The number of benzene rings is 3. The van der Waals surface area contributed by atoms with Crippen LogP contribution in [0.5, 0.6) is 28.7 Å². The molecule has 6 N–H and O–H groups in total. The molecule has 3 aliphatic heterocycles. The van der Waals surface area contributed by atoms with Gasteiger partial charge in [-0.1, -0.05) is 24.3 Å². The van der Waals surface area contributed by atoms with E-state index in [0.717, 1.165) is 16.8 Å². The molecule has 3 aromatic carbocycles. The summed E-state index contributed by atoms with van der Waals surface area (Å²) >= 11 is 5.43. The number of carbonyl (C=O) groups is 1. The second-order valence-corrected chi connectivity index (χ2v) is 13.1. The third-order valence-electron chi connectivity index (χ3n) is 9.90. The van der Waals surface area contributed by atoms with Gasteiger partial charge in [-0.15, -0.1) is 0 Å². The summed E-state index contributed by atoms with van der Waals surface area (Å²) in [5.74, 6) is -0.185. The Balaban J connectivity index is 1.42. The molecule has 0 unspecified atom stereocenters. The highest BCUT2D eigenvalue weighted by Crippen LogP contribution is 2.58. The van der Waals surface area contributed by atoms with E-state index in [2.05, 4.69) is 26.9 Å². The molecule has 256 valence electrons. The Morgan fingerprint density at radius 1 is 1.08 bits per heavy atom. The minimum atomic E-state index is -0.805. The normalized spacial score (nSPS) is 21.2. The van der Waals surface area contributed by atoms with Crippen LogP contribution in [0.25, 0.3) is 6.08 Å². The molecule has 3 aliphatic rings. The number of aryl methyl sites for hydroxylation is 1. The number of nitrogens with zero attached hydrogens (tertiary/aromatic N) is 3. The van der Waals surface area contributed by atoms with Crippen molar-refractivity contribution in [1.29, 1.82) is 5.26 Å². The summed E-state index contributed by atoms with van der Waals surface area (Å²) < 4.78 is 11.1. The Morgan fingerprint density at radius 2 is 1.76 bits per heavy atom. The van der Waals surface area contributed by atoms with Gasteiger partial charge in [0, 0.05) is 46.2 Å². The van der Waals surface area contributed by atoms with E-state index in [0.29, 0.717) is 40.1 Å². The predicted octanol–water partition coefficient (Wildman–Crippen LogP) is 4.13. The van der Waals surface area contributed by atoms with Crippen LogP contribution >= 0.6 is 12.2 Å². The highest BCUT2D eigenvalue weighted by atomic mass is 32.1. The largest absolute Gasteiger partial charge is 0.507 e. The molecule has 3 aromatic rings. The van der Waals surface area contributed by atoms with Crippen molar-refractivity contribution < 1.29 is 29.6 Å². The van der Waals surface area contributed by atoms with Crippen LogP contribution in [0.4, 0.5) is 5.69 Å². The molecule has 6 rings (SSSR count). The number of ether oxygens (including phenoxy) is 2. The second kappa shape index (κ2) is 13.0. The Labute approximate surface area is 290 Å². The first-order chi connectivity index (χ1) is 23.4. The number of nitrogens with one attached hydrogen (secondary N) is 3. The Hall–Kier alpha value is -5.19. The van der Waals surface area contributed by atoms with Gasteiger partial charge in [0.15, 0.2) is 28.1 Å². The maximum atomic E-state index is 13.5. The van der Waals surface area contributed by atoms with E-state index in [1.807, 2.05) is 55.3 Å². The SMILES string of the molecule is COc1c(C)cc2c(c1O)[C@@H]1C3=Cc4c(O)c(C)c(OC)c(O)c4[C@H](CNC(=O)[C@@H](C)NC(=S)Nc4ccccc4)N3[C@@H](C#N)[C@H](C2)N1C. The lowest BCUT2D eigenvalue weighted by molar-refractivity contribution is -0.122. The highest BCUT2D eigenvalue weighted by molar-refractivity contribution is 7.80. The fourth-order valence-electron chi connectivity index (χ4n) is 7.60. The van der Waals surface area contributed by atoms with Crippen molar-refractivity contribution in [1.82, 2.24) is 20.4 Å². The van der Waals surface area contributed by atoms with Crippen molar-refractivity contribution in [3.63, 3.8) is 0 Å². The number of methoxy groups -OCH3 is 2. The van der Waals surface area contributed by atoms with Gasteiger partial charge in [0.05, 0.1) is 32.4 Å². The Morgan fingerprint density at radius 3 is 2.41 bits per heavy atom. The molecule has 0 aromatic heterocycles. The maximum absolute atomic E-state index is 13.5. The quantitative estimate of drug-likeness (QED) is 0.156. The fraction of sp³-hybridized carbons (Fsp3) is 0.361. The zero-order chi connectivity index (χ0) is 35.3. The summed E-state index contributed by atoms with van der Waals surface area (Å²) in [4.78, 5) is 17.5. The highest BCUT2D eigenvalue weighted by Gasteiger charge is 2.53. The molecule has 0 saturated carbocycles. The number of rotatable bonds is 7. The van der Waals surface area contributed by atoms with Gasteiger partial charge in [-0.3, -0.25) is 9.69 Å². The third-order valence-corrected chi connectivity index (χ3v) is 10.1. The monoisotopic (exact) mass is 684 g/mol. The Bertz CT molecular complexity index is 1910. The number of fused-ring (bicyclic) bond motifs is 7. The van der Waals surface area contributed by atoms with Crippen LogP contribution in [-0.4, -0.2) is 82.1 Å². The van der Waals surface area contributed by atoms with Crippen molar-refractivity contribution in [2.75, 3.05) is 33.1 Å². The molecule has 49 heavy (non-hydrogen) atoms. The molecule has 12 nitrogen and oxygen atoms in total. The van der Waals surface area contributed by atoms with Crippen molar-refractivity contribution in [3.05, 3.63) is 75.5 Å². The molecule has 1 amide bonds. The number of phenols is 3. The molecule has 0 aliphatic carbocycles. The van der Waals surface area contributed by atoms with Crippen LogP contribution < -0.4 is 25.4 Å². The average Bonchev–Trinajstić information content (AvgIpc) is 3.07. The number of amides is 1. The third kappa shape index (κ3) is 5.50. The first-order valence-corrected chi connectivity index (χ1v) is 16.4. The zero-order valence-electron chi connectivity index (χ0n) is 28.2. The van der Waals surface area contributed by atoms with Crippen molar-refractivity contribution in [2.24, 2.45) is 0 Å². The van der Waals surface area contributed by atoms with E-state index in [9.17, 15) is 25.4 Å². The number of thiocarbonyl (C=S) groups is 1. The van der Waals surface area contributed by atoms with Crippen molar-refractivity contribution in [2.45, 2.75) is 57.4 Å². The molecule has 3 heterocycles. The first kappa shape index (κ1) is 33.7. The van der Waals surface area contributed by atoms with Crippen LogP contribution in [0, 0.1) is 25.2 Å². The first-order valence-electron chi connectivity index (χ1n) is 16.0. The maximum Gasteiger partial charge on any atom is 0.242 e. The smallest absolute Gasteiger partial charge is 0.242 e. The summed E-state index contributed by atoms with van der Waals surface area (Å²) in [5.41, 5.74) is 4.72. The van der Waals surface area contributed by atoms with Gasteiger partial charge in [-0.2, -0.15) is 5.26 Å². The summed E-state index contributed by atoms with van der Waals surface area (Å²) in [6, 6.07) is 10.7. The number of hydrogen-bond acceptors (Lipinski definition) is 10. The standard InChI is InChI=1S/C36H40N6O6S/c1-17-12-20-13-23-25(15-37)42-24(29(41(23)4)27(20)31(44)33(17)47-5)14-22-28(32(45)34(48-6)18(2)30(22)43)26(42)16-38-35(46)19(3)39-36(49)40-21-10-8-7-9-11-21/h7-12,14,19,23,25-26,29,43-45H,13,16H2,1-6H3,(H,38,46)(H2,39,40,49)/t19-,23+,25+,26+,29+/m1/s1. The van der Waals surface area contributed by atoms with E-state index in [4.69, 9.17) is 21.7 Å². The van der Waals surface area contributed by atoms with Crippen LogP contribution in [0.2, 0.25) is 0 Å². The predicted molar refractivity (Wildman–Crippen MR) is 189 cm³/mol. The van der Waals surface area contributed by atoms with Gasteiger partial charge in [0.2, 0.25) is 5.91 Å². The summed E-state index contributed by atoms with van der Waals surface area (Å²) in [6.45, 7) is 5.15. The number of piperazine rings is 1. The zero-order valence-corrected chi connectivity index (χ0v) is 29.0. The second-order valence-electron chi connectivity index (χ2n) is 12.7. The minimum absolute atomic E-state index is 0.0117. The van der Waals surface area contributed by atoms with Gasteiger partial charge < -0.3 is 45.6 Å². The number of phenolic OH excluding ortho intramolecular Hbond substituents is 3. The topological polar surface area (TPSA) is 163 Å². The van der Waals surface area contributed by atoms with E-state index in [-0.39, 0.29) is 46.6 Å². The van der Waals surface area contributed by atoms with Crippen LogP contribution in [0.3, 0.4) is 0 Å². The number of anilines is 1. The Kier molecular flexibility index (Phi) is 8.96. The number of nitriles is 1. The number of carbonyl (C=O) groups excluding carboxylic acids is 1. The molecule has 13 heteroatoms. The van der Waals surface area contributed by atoms with Gasteiger partial charge in [-0.05, 0) is 75.8 Å². The lowest BCUT2D eigenvalue weighted by Gasteiger charge is -2.57. The molecule has 5 atom stereocenters. The number of hydrogen-bond donors (Lipinski definition) is 6. The molecule has 0 spiro atoms. The molecule has 0 radical (unpaired) electrons. The molecular formula is C36H40N6O6S. The van der Waals surface area contributed by atoms with Crippen molar-refractivity contribution >= 4 is 35.0 Å². The summed E-state index contributed by atoms with van der Waals surface area (Å²) in [5, 5.41) is 54.8. The van der Waals surface area contributed by atoms with E-state index >= 15 is 0 Å². The van der Waals surface area contributed by atoms with E-state index in [1.165, 1.54) is 14.2 Å². The van der Waals surface area contributed by atoms with Crippen molar-refractivity contribution in [3.8, 4) is 34.8 Å². The van der Waals surface area contributed by atoms with E-state index < -0.39 is 24.2 Å².